The Kier molecular flexibility index (Phi) is 3.62. The molecule has 1 heterocycles. The lowest BCUT2D eigenvalue weighted by Gasteiger charge is -2.47. The van der Waals surface area contributed by atoms with E-state index in [0.29, 0.717) is 29.7 Å². The molecule has 0 bridgehead atoms. The predicted molar refractivity (Wildman–Crippen MR) is 84.0 cm³/mol. The van der Waals surface area contributed by atoms with Gasteiger partial charge >= 0.3 is 5.97 Å². The highest BCUT2D eigenvalue weighted by Crippen LogP contribution is 2.54. The summed E-state index contributed by atoms with van der Waals surface area (Å²) in [5.74, 6) is -0.837. The molecule has 1 saturated carbocycles. The first kappa shape index (κ1) is 15.8. The van der Waals surface area contributed by atoms with Crippen molar-refractivity contribution in [1.29, 1.82) is 0 Å². The summed E-state index contributed by atoms with van der Waals surface area (Å²) in [5, 5.41) is 19.7. The molecule has 2 aliphatic rings. The number of ether oxygens (including phenoxy) is 1. The van der Waals surface area contributed by atoms with Crippen molar-refractivity contribution in [1.82, 2.24) is 0 Å². The Hall–Kier alpha value is -2.04. The van der Waals surface area contributed by atoms with Crippen LogP contribution in [0.2, 0.25) is 0 Å². The lowest BCUT2D eigenvalue weighted by Crippen LogP contribution is -2.47. The highest BCUT2D eigenvalue weighted by molar-refractivity contribution is 5.81. The van der Waals surface area contributed by atoms with Gasteiger partial charge in [0.1, 0.15) is 22.9 Å². The van der Waals surface area contributed by atoms with E-state index in [9.17, 15) is 19.8 Å². The van der Waals surface area contributed by atoms with Crippen molar-refractivity contribution in [3.05, 3.63) is 23.3 Å². The van der Waals surface area contributed by atoms with E-state index in [2.05, 4.69) is 0 Å². The molecule has 1 aromatic carbocycles. The number of carbonyl (C=O) groups is 2. The Morgan fingerprint density at radius 3 is 2.74 bits per heavy atom. The van der Waals surface area contributed by atoms with Crippen LogP contribution in [0, 0.1) is 5.92 Å². The molecule has 1 aliphatic carbocycles. The maximum Gasteiger partial charge on any atom is 0.310 e. The van der Waals surface area contributed by atoms with Gasteiger partial charge in [0.25, 0.3) is 0 Å². The number of benzene rings is 1. The number of aliphatic carboxylic acids is 1. The van der Waals surface area contributed by atoms with Crippen molar-refractivity contribution < 1.29 is 24.5 Å². The third-order valence-corrected chi connectivity index (χ3v) is 5.32. The minimum absolute atomic E-state index is 0.0331. The third-order valence-electron chi connectivity index (χ3n) is 5.32. The first-order valence-corrected chi connectivity index (χ1v) is 8.01. The topological polar surface area (TPSA) is 83.8 Å². The smallest absolute Gasteiger partial charge is 0.310 e. The second-order valence-electron chi connectivity index (χ2n) is 7.21. The van der Waals surface area contributed by atoms with Crippen LogP contribution in [-0.2, 0) is 9.59 Å². The quantitative estimate of drug-likeness (QED) is 0.875. The molecule has 1 aromatic rings. The van der Waals surface area contributed by atoms with Crippen molar-refractivity contribution in [3.63, 3.8) is 0 Å². The molecule has 5 nitrogen and oxygen atoms in total. The molecular weight excluding hydrogens is 296 g/mol. The lowest BCUT2D eigenvalue weighted by molar-refractivity contribution is -0.138. The van der Waals surface area contributed by atoms with Crippen molar-refractivity contribution in [3.8, 4) is 11.5 Å². The maximum atomic E-state index is 11.9. The van der Waals surface area contributed by atoms with Crippen molar-refractivity contribution in [2.45, 2.75) is 57.5 Å². The van der Waals surface area contributed by atoms with Gasteiger partial charge < -0.3 is 14.9 Å². The summed E-state index contributed by atoms with van der Waals surface area (Å²) in [5.41, 5.74) is 0.712. The number of Topliss-reactive ketones (excluding diaryl/α,β-unsaturated/α-hetero) is 1. The minimum atomic E-state index is -0.954. The Labute approximate surface area is 135 Å². The van der Waals surface area contributed by atoms with Crippen LogP contribution in [-0.4, -0.2) is 27.6 Å². The zero-order valence-electron chi connectivity index (χ0n) is 13.6. The van der Waals surface area contributed by atoms with Crippen molar-refractivity contribution in [2.24, 2.45) is 5.92 Å². The van der Waals surface area contributed by atoms with Crippen LogP contribution in [0.1, 0.15) is 63.0 Å². The van der Waals surface area contributed by atoms with Crippen LogP contribution in [0.4, 0.5) is 0 Å². The Balaban J connectivity index is 2.11. The number of aromatic hydroxyl groups is 1. The lowest BCUT2D eigenvalue weighted by atomic mass is 9.66. The molecular formula is C18H22O5. The van der Waals surface area contributed by atoms with E-state index < -0.39 is 17.5 Å². The molecule has 0 spiro atoms. The summed E-state index contributed by atoms with van der Waals surface area (Å²) in [4.78, 5) is 23.1. The van der Waals surface area contributed by atoms with Gasteiger partial charge in [0.2, 0.25) is 0 Å². The fourth-order valence-corrected chi connectivity index (χ4v) is 3.98. The molecule has 1 unspecified atom stereocenters. The van der Waals surface area contributed by atoms with Gasteiger partial charge in [0, 0.05) is 30.2 Å². The zero-order valence-corrected chi connectivity index (χ0v) is 13.6. The van der Waals surface area contributed by atoms with Crippen LogP contribution in [0.15, 0.2) is 12.1 Å². The molecule has 3 atom stereocenters. The molecule has 0 amide bonds. The van der Waals surface area contributed by atoms with Gasteiger partial charge in [-0.25, -0.2) is 0 Å². The first-order valence-electron chi connectivity index (χ1n) is 8.01. The Bertz CT molecular complexity index is 676. The average Bonchev–Trinajstić information content (AvgIpc) is 2.44. The summed E-state index contributed by atoms with van der Waals surface area (Å²) in [7, 11) is 0. The molecule has 5 heteroatoms. The standard InChI is InChI=1S/C18H22O5/c1-9(17(21)22)10-6-14(20)16-12-8-11(19)4-5-13(12)18(2,3)23-15(16)7-10/h6-7,9,12-13,20H,4-5,8H2,1-3H3,(H,21,22)/t9?,12-,13-/m1/s1. The fourth-order valence-electron chi connectivity index (χ4n) is 3.98. The van der Waals surface area contributed by atoms with E-state index in [1.54, 1.807) is 13.0 Å². The van der Waals surface area contributed by atoms with Crippen LogP contribution < -0.4 is 4.74 Å². The molecule has 1 aliphatic heterocycles. The SMILES string of the molecule is CC(C(=O)O)c1cc(O)c2c(c1)OC(C)(C)[C@@H]1CCC(=O)C[C@@H]21. The number of ketones is 1. The summed E-state index contributed by atoms with van der Waals surface area (Å²) in [6, 6.07) is 3.19. The molecule has 1 fully saturated rings. The largest absolute Gasteiger partial charge is 0.508 e. The van der Waals surface area contributed by atoms with E-state index in [1.807, 2.05) is 13.8 Å². The first-order chi connectivity index (χ1) is 10.7. The molecule has 0 radical (unpaired) electrons. The van der Waals surface area contributed by atoms with Crippen LogP contribution in [0.3, 0.4) is 0 Å². The number of fused-ring (bicyclic) bond motifs is 3. The molecule has 2 N–H and O–H groups in total. The van der Waals surface area contributed by atoms with Crippen molar-refractivity contribution in [2.75, 3.05) is 0 Å². The molecule has 124 valence electrons. The van der Waals surface area contributed by atoms with Crippen molar-refractivity contribution >= 4 is 11.8 Å². The average molecular weight is 318 g/mol. The number of carbonyl (C=O) groups excluding carboxylic acids is 1. The van der Waals surface area contributed by atoms with Gasteiger partial charge in [-0.2, -0.15) is 0 Å². The van der Waals surface area contributed by atoms with E-state index in [1.165, 1.54) is 6.07 Å². The van der Waals surface area contributed by atoms with Gasteiger partial charge in [-0.1, -0.05) is 0 Å². The summed E-state index contributed by atoms with van der Waals surface area (Å²) in [6.45, 7) is 5.56. The molecule has 3 rings (SSSR count). The Morgan fingerprint density at radius 2 is 2.09 bits per heavy atom. The highest BCUT2D eigenvalue weighted by atomic mass is 16.5. The number of carboxylic acids is 1. The highest BCUT2D eigenvalue weighted by Gasteiger charge is 2.47. The van der Waals surface area contributed by atoms with Gasteiger partial charge in [-0.05, 0) is 44.9 Å². The summed E-state index contributed by atoms with van der Waals surface area (Å²) < 4.78 is 6.11. The van der Waals surface area contributed by atoms with E-state index in [4.69, 9.17) is 4.74 Å². The zero-order chi connectivity index (χ0) is 16.9. The second-order valence-corrected chi connectivity index (χ2v) is 7.21. The monoisotopic (exact) mass is 318 g/mol. The number of rotatable bonds is 2. The molecule has 0 saturated heterocycles. The van der Waals surface area contributed by atoms with Crippen LogP contribution in [0.25, 0.3) is 0 Å². The van der Waals surface area contributed by atoms with E-state index in [-0.39, 0.29) is 23.4 Å². The summed E-state index contributed by atoms with van der Waals surface area (Å²) in [6.07, 6.45) is 1.71. The predicted octanol–water partition coefficient (Wildman–Crippen LogP) is 3.20. The van der Waals surface area contributed by atoms with Crippen LogP contribution >= 0.6 is 0 Å². The number of phenolic OH excluding ortho intramolecular Hbond substituents is 1. The number of hydrogen-bond donors (Lipinski definition) is 2. The minimum Gasteiger partial charge on any atom is -0.508 e. The third kappa shape index (κ3) is 2.58. The number of phenols is 1. The maximum absolute atomic E-state index is 11.9. The van der Waals surface area contributed by atoms with E-state index in [0.717, 1.165) is 6.42 Å². The van der Waals surface area contributed by atoms with Gasteiger partial charge in [0.15, 0.2) is 0 Å². The van der Waals surface area contributed by atoms with Gasteiger partial charge in [0.05, 0.1) is 5.92 Å². The normalized spacial score (nSPS) is 26.7. The molecule has 0 aromatic heterocycles. The number of carboxylic acid groups (broad SMARTS) is 1. The molecule has 23 heavy (non-hydrogen) atoms. The fraction of sp³-hybridized carbons (Fsp3) is 0.556. The number of hydrogen-bond acceptors (Lipinski definition) is 4. The van der Waals surface area contributed by atoms with Gasteiger partial charge in [-0.15, -0.1) is 0 Å². The summed E-state index contributed by atoms with van der Waals surface area (Å²) >= 11 is 0. The second kappa shape index (κ2) is 5.25. The Morgan fingerprint density at radius 1 is 1.39 bits per heavy atom. The van der Waals surface area contributed by atoms with Gasteiger partial charge in [-0.3, -0.25) is 9.59 Å². The van der Waals surface area contributed by atoms with E-state index >= 15 is 0 Å². The van der Waals surface area contributed by atoms with Crippen LogP contribution in [0.5, 0.6) is 11.5 Å².